The fourth-order valence-electron chi connectivity index (χ4n) is 3.29. The average Bonchev–Trinajstić information content (AvgIpc) is 3.38. The highest BCUT2D eigenvalue weighted by Gasteiger charge is 2.26. The Morgan fingerprint density at radius 1 is 1.15 bits per heavy atom. The van der Waals surface area contributed by atoms with Gasteiger partial charge in [0.25, 0.3) is 5.91 Å². The van der Waals surface area contributed by atoms with Crippen molar-refractivity contribution in [1.29, 1.82) is 0 Å². The zero-order valence-electron chi connectivity index (χ0n) is 15.1. The molecule has 27 heavy (non-hydrogen) atoms. The zero-order chi connectivity index (χ0) is 18.8. The number of aromatic nitrogens is 2. The summed E-state index contributed by atoms with van der Waals surface area (Å²) in [7, 11) is 0. The molecule has 1 amide bonds. The van der Waals surface area contributed by atoms with Crippen molar-refractivity contribution in [2.45, 2.75) is 6.92 Å². The normalized spacial score (nSPS) is 15.3. The molecule has 0 N–H and O–H groups in total. The number of carbonyl (C=O) groups is 1. The van der Waals surface area contributed by atoms with E-state index >= 15 is 0 Å². The molecule has 1 aromatic carbocycles. The highest BCUT2D eigenvalue weighted by molar-refractivity contribution is 7.13. The quantitative estimate of drug-likeness (QED) is 0.691. The molecule has 5 nitrogen and oxygen atoms in total. The minimum absolute atomic E-state index is 0.0367. The van der Waals surface area contributed by atoms with Gasteiger partial charge < -0.3 is 9.80 Å². The number of carbonyl (C=O) groups excluding carboxylic acids is 1. The van der Waals surface area contributed by atoms with Gasteiger partial charge in [-0.3, -0.25) is 4.79 Å². The van der Waals surface area contributed by atoms with Gasteiger partial charge in [0, 0.05) is 26.2 Å². The SMILES string of the molecule is CCN1CCN(C(=O)c2cc(-c3cccs3)nn2-c2ccc(F)cc2)CC1. The number of amides is 1. The minimum Gasteiger partial charge on any atom is -0.335 e. The largest absolute Gasteiger partial charge is 0.335 e. The smallest absolute Gasteiger partial charge is 0.272 e. The number of rotatable bonds is 4. The van der Waals surface area contributed by atoms with Gasteiger partial charge in [0.2, 0.25) is 0 Å². The molecule has 1 aliphatic rings. The van der Waals surface area contributed by atoms with Crippen LogP contribution in [0.15, 0.2) is 47.8 Å². The molecule has 0 spiro atoms. The molecule has 7 heteroatoms. The zero-order valence-corrected chi connectivity index (χ0v) is 16.0. The molecule has 140 valence electrons. The van der Waals surface area contributed by atoms with Crippen LogP contribution in [0.4, 0.5) is 4.39 Å². The molecule has 1 saturated heterocycles. The summed E-state index contributed by atoms with van der Waals surface area (Å²) in [5.74, 6) is -0.349. The van der Waals surface area contributed by atoms with Gasteiger partial charge >= 0.3 is 0 Å². The first-order valence-electron chi connectivity index (χ1n) is 9.07. The third-order valence-electron chi connectivity index (χ3n) is 4.88. The Bertz CT molecular complexity index is 912. The van der Waals surface area contributed by atoms with Gasteiger partial charge in [-0.05, 0) is 48.3 Å². The van der Waals surface area contributed by atoms with E-state index in [-0.39, 0.29) is 11.7 Å². The predicted octanol–water partition coefficient (Wildman–Crippen LogP) is 3.52. The van der Waals surface area contributed by atoms with E-state index in [9.17, 15) is 9.18 Å². The second kappa shape index (κ2) is 7.62. The Kier molecular flexibility index (Phi) is 5.05. The number of piperazine rings is 1. The average molecular weight is 384 g/mol. The Hall–Kier alpha value is -2.51. The van der Waals surface area contributed by atoms with Crippen LogP contribution in [0.5, 0.6) is 0 Å². The summed E-state index contributed by atoms with van der Waals surface area (Å²) in [5.41, 5.74) is 1.94. The number of likely N-dealkylation sites (N-methyl/N-ethyl adjacent to an activating group) is 1. The standard InChI is InChI=1S/C20H21FN4OS/c1-2-23-9-11-24(12-10-23)20(26)18-14-17(19-4-3-13-27-19)22-25(18)16-7-5-15(21)6-8-16/h3-8,13-14H,2,9-12H2,1H3. The van der Waals surface area contributed by atoms with Gasteiger partial charge in [0.15, 0.2) is 0 Å². The van der Waals surface area contributed by atoms with Gasteiger partial charge in [-0.2, -0.15) is 5.10 Å². The van der Waals surface area contributed by atoms with E-state index in [0.29, 0.717) is 24.5 Å². The van der Waals surface area contributed by atoms with E-state index in [1.165, 1.54) is 12.1 Å². The van der Waals surface area contributed by atoms with Crippen LogP contribution < -0.4 is 0 Å². The predicted molar refractivity (Wildman–Crippen MR) is 105 cm³/mol. The molecule has 0 atom stereocenters. The molecule has 1 aliphatic heterocycles. The van der Waals surface area contributed by atoms with Gasteiger partial charge in [-0.25, -0.2) is 9.07 Å². The summed E-state index contributed by atoms with van der Waals surface area (Å²) in [6, 6.07) is 11.8. The summed E-state index contributed by atoms with van der Waals surface area (Å²) in [6.07, 6.45) is 0. The topological polar surface area (TPSA) is 41.4 Å². The molecule has 3 aromatic rings. The molecule has 4 rings (SSSR count). The van der Waals surface area contributed by atoms with E-state index in [0.717, 1.165) is 30.2 Å². The molecule has 0 radical (unpaired) electrons. The van der Waals surface area contributed by atoms with E-state index < -0.39 is 0 Å². The lowest BCUT2D eigenvalue weighted by Crippen LogP contribution is -2.48. The minimum atomic E-state index is -0.312. The first-order valence-corrected chi connectivity index (χ1v) is 9.95. The van der Waals surface area contributed by atoms with Gasteiger partial charge in [-0.1, -0.05) is 13.0 Å². The molecule has 0 bridgehead atoms. The maximum absolute atomic E-state index is 13.3. The second-order valence-corrected chi connectivity index (χ2v) is 7.45. The molecule has 3 heterocycles. The van der Waals surface area contributed by atoms with E-state index in [4.69, 9.17) is 0 Å². The van der Waals surface area contributed by atoms with Crippen molar-refractivity contribution >= 4 is 17.2 Å². The van der Waals surface area contributed by atoms with E-state index in [1.54, 1.807) is 28.2 Å². The van der Waals surface area contributed by atoms with Crippen LogP contribution >= 0.6 is 11.3 Å². The van der Waals surface area contributed by atoms with Gasteiger partial charge in [0.1, 0.15) is 17.2 Å². The molecule has 0 unspecified atom stereocenters. The van der Waals surface area contributed by atoms with Crippen LogP contribution in [-0.4, -0.2) is 58.2 Å². The second-order valence-electron chi connectivity index (χ2n) is 6.51. The van der Waals surface area contributed by atoms with Crippen LogP contribution in [-0.2, 0) is 0 Å². The molecule has 0 aliphatic carbocycles. The van der Waals surface area contributed by atoms with Crippen LogP contribution in [0, 0.1) is 5.82 Å². The summed E-state index contributed by atoms with van der Waals surface area (Å²) in [4.78, 5) is 18.4. The monoisotopic (exact) mass is 384 g/mol. The Morgan fingerprint density at radius 3 is 2.52 bits per heavy atom. The Labute approximate surface area is 161 Å². The number of nitrogens with zero attached hydrogens (tertiary/aromatic N) is 4. The van der Waals surface area contributed by atoms with Crippen molar-refractivity contribution in [3.63, 3.8) is 0 Å². The highest BCUT2D eigenvalue weighted by Crippen LogP contribution is 2.26. The fourth-order valence-corrected chi connectivity index (χ4v) is 3.97. The van der Waals surface area contributed by atoms with Crippen molar-refractivity contribution in [2.75, 3.05) is 32.7 Å². The van der Waals surface area contributed by atoms with Crippen molar-refractivity contribution in [1.82, 2.24) is 19.6 Å². The summed E-state index contributed by atoms with van der Waals surface area (Å²) in [6.45, 7) is 6.30. The molecule has 0 saturated carbocycles. The van der Waals surface area contributed by atoms with Crippen LogP contribution in [0.2, 0.25) is 0 Å². The Morgan fingerprint density at radius 2 is 1.89 bits per heavy atom. The lowest BCUT2D eigenvalue weighted by molar-refractivity contribution is 0.0634. The Balaban J connectivity index is 1.70. The number of hydrogen-bond acceptors (Lipinski definition) is 4. The summed E-state index contributed by atoms with van der Waals surface area (Å²) < 4.78 is 15.0. The molecule has 1 fully saturated rings. The first-order chi connectivity index (χ1) is 13.2. The first kappa shape index (κ1) is 17.9. The fraction of sp³-hybridized carbons (Fsp3) is 0.300. The van der Waals surface area contributed by atoms with Gasteiger partial charge in [-0.15, -0.1) is 11.3 Å². The number of hydrogen-bond donors (Lipinski definition) is 0. The van der Waals surface area contributed by atoms with Crippen LogP contribution in [0.3, 0.4) is 0 Å². The van der Waals surface area contributed by atoms with Gasteiger partial charge in [0.05, 0.1) is 10.6 Å². The van der Waals surface area contributed by atoms with Crippen molar-refractivity contribution in [3.8, 4) is 16.3 Å². The van der Waals surface area contributed by atoms with Crippen molar-refractivity contribution < 1.29 is 9.18 Å². The van der Waals surface area contributed by atoms with E-state index in [1.807, 2.05) is 28.5 Å². The molecule has 2 aromatic heterocycles. The molecular weight excluding hydrogens is 363 g/mol. The maximum Gasteiger partial charge on any atom is 0.272 e. The number of thiophene rings is 1. The molecular formula is C20H21FN4OS. The maximum atomic E-state index is 13.3. The van der Waals surface area contributed by atoms with E-state index in [2.05, 4.69) is 16.9 Å². The lowest BCUT2D eigenvalue weighted by atomic mass is 10.2. The van der Waals surface area contributed by atoms with Crippen molar-refractivity contribution in [2.24, 2.45) is 0 Å². The lowest BCUT2D eigenvalue weighted by Gasteiger charge is -2.34. The summed E-state index contributed by atoms with van der Waals surface area (Å²) >= 11 is 1.58. The summed E-state index contributed by atoms with van der Waals surface area (Å²) in [5, 5.41) is 6.63. The third kappa shape index (κ3) is 3.65. The highest BCUT2D eigenvalue weighted by atomic mass is 32.1. The van der Waals surface area contributed by atoms with Crippen LogP contribution in [0.1, 0.15) is 17.4 Å². The van der Waals surface area contributed by atoms with Crippen molar-refractivity contribution in [3.05, 3.63) is 59.4 Å². The number of benzene rings is 1. The number of halogens is 1. The van der Waals surface area contributed by atoms with Crippen LogP contribution in [0.25, 0.3) is 16.3 Å². The third-order valence-corrected chi connectivity index (χ3v) is 5.77.